The molecule has 3 aromatic rings. The number of hydrogen-bond acceptors (Lipinski definition) is 4. The Bertz CT molecular complexity index is 1060. The SMILES string of the molecule is CCCC(NC(=O)c1cnn(-c2ccccc2Cl)c1)C(=O)N1CCc2sccc2C1. The average Bonchev–Trinajstić information content (AvgIpc) is 3.42. The fourth-order valence-electron chi connectivity index (χ4n) is 3.65. The number of benzene rings is 1. The first kappa shape index (κ1) is 20.6. The number of carbonyl (C=O) groups excluding carboxylic acids is 2. The largest absolute Gasteiger partial charge is 0.340 e. The van der Waals surface area contributed by atoms with E-state index in [1.807, 2.05) is 30.0 Å². The van der Waals surface area contributed by atoms with Crippen LogP contribution in [0.5, 0.6) is 0 Å². The monoisotopic (exact) mass is 442 g/mol. The number of nitrogens with one attached hydrogen (secondary N) is 1. The molecular weight excluding hydrogens is 420 g/mol. The molecule has 0 fully saturated rings. The molecule has 1 aliphatic rings. The first-order valence-corrected chi connectivity index (χ1v) is 11.3. The summed E-state index contributed by atoms with van der Waals surface area (Å²) in [6, 6.07) is 8.82. The maximum Gasteiger partial charge on any atom is 0.255 e. The van der Waals surface area contributed by atoms with Crippen molar-refractivity contribution in [3.05, 3.63) is 69.1 Å². The van der Waals surface area contributed by atoms with Gasteiger partial charge in [0.05, 0.1) is 22.5 Å². The summed E-state index contributed by atoms with van der Waals surface area (Å²) in [5.41, 5.74) is 2.30. The van der Waals surface area contributed by atoms with Gasteiger partial charge in [0, 0.05) is 24.2 Å². The molecule has 1 N–H and O–H groups in total. The van der Waals surface area contributed by atoms with Gasteiger partial charge in [-0.25, -0.2) is 4.68 Å². The first-order valence-electron chi connectivity index (χ1n) is 10.0. The normalized spacial score (nSPS) is 14.3. The van der Waals surface area contributed by atoms with Gasteiger partial charge in [0.1, 0.15) is 6.04 Å². The van der Waals surface area contributed by atoms with Gasteiger partial charge in [-0.1, -0.05) is 37.1 Å². The third-order valence-corrected chi connectivity index (χ3v) is 6.59. The van der Waals surface area contributed by atoms with Crippen molar-refractivity contribution in [3.63, 3.8) is 0 Å². The lowest BCUT2D eigenvalue weighted by Crippen LogP contribution is -2.49. The second-order valence-electron chi connectivity index (χ2n) is 7.32. The van der Waals surface area contributed by atoms with Crippen molar-refractivity contribution in [2.75, 3.05) is 6.54 Å². The lowest BCUT2D eigenvalue weighted by molar-refractivity contribution is -0.134. The number of fused-ring (bicyclic) bond motifs is 1. The van der Waals surface area contributed by atoms with Gasteiger partial charge in [-0.15, -0.1) is 11.3 Å². The number of amides is 2. The molecule has 1 aromatic carbocycles. The maximum absolute atomic E-state index is 13.1. The molecule has 30 heavy (non-hydrogen) atoms. The molecule has 1 unspecified atom stereocenters. The number of nitrogens with zero attached hydrogens (tertiary/aromatic N) is 3. The Morgan fingerprint density at radius 3 is 2.93 bits per heavy atom. The zero-order valence-corrected chi connectivity index (χ0v) is 18.2. The summed E-state index contributed by atoms with van der Waals surface area (Å²) in [6.45, 7) is 3.31. The summed E-state index contributed by atoms with van der Waals surface area (Å²) in [7, 11) is 0. The number of aromatic nitrogens is 2. The van der Waals surface area contributed by atoms with Gasteiger partial charge in [-0.3, -0.25) is 9.59 Å². The first-order chi connectivity index (χ1) is 14.6. The van der Waals surface area contributed by atoms with Crippen molar-refractivity contribution in [3.8, 4) is 5.69 Å². The lowest BCUT2D eigenvalue weighted by atomic mass is 10.1. The predicted octanol–water partition coefficient (Wildman–Crippen LogP) is 4.07. The molecule has 1 atom stereocenters. The van der Waals surface area contributed by atoms with Crippen LogP contribution in [0.4, 0.5) is 0 Å². The van der Waals surface area contributed by atoms with E-state index in [1.165, 1.54) is 16.6 Å². The van der Waals surface area contributed by atoms with Gasteiger partial charge in [-0.2, -0.15) is 5.10 Å². The second kappa shape index (κ2) is 9.02. The van der Waals surface area contributed by atoms with Crippen LogP contribution in [0.3, 0.4) is 0 Å². The summed E-state index contributed by atoms with van der Waals surface area (Å²) in [5.74, 6) is -0.339. The summed E-state index contributed by atoms with van der Waals surface area (Å²) < 4.78 is 1.57. The van der Waals surface area contributed by atoms with E-state index in [2.05, 4.69) is 21.9 Å². The molecule has 0 bridgehead atoms. The van der Waals surface area contributed by atoms with E-state index in [0.717, 1.165) is 12.8 Å². The van der Waals surface area contributed by atoms with Crippen LogP contribution in [0, 0.1) is 0 Å². The van der Waals surface area contributed by atoms with Crippen molar-refractivity contribution in [2.24, 2.45) is 0 Å². The fourth-order valence-corrected chi connectivity index (χ4v) is 4.77. The Balaban J connectivity index is 1.46. The molecular formula is C22H23ClN4O2S. The topological polar surface area (TPSA) is 67.2 Å². The molecule has 0 saturated carbocycles. The van der Waals surface area contributed by atoms with Crippen LogP contribution >= 0.6 is 22.9 Å². The van der Waals surface area contributed by atoms with E-state index in [0.29, 0.717) is 35.8 Å². The zero-order chi connectivity index (χ0) is 21.1. The minimum atomic E-state index is -0.550. The number of para-hydroxylation sites is 1. The molecule has 8 heteroatoms. The van der Waals surface area contributed by atoms with Gasteiger partial charge in [-0.05, 0) is 42.0 Å². The zero-order valence-electron chi connectivity index (χ0n) is 16.7. The van der Waals surface area contributed by atoms with Crippen LogP contribution in [0.25, 0.3) is 5.69 Å². The van der Waals surface area contributed by atoms with Crippen LogP contribution in [-0.4, -0.2) is 39.1 Å². The standard InChI is InChI=1S/C22H23ClN4O2S/c1-2-5-18(22(29)26-10-8-20-15(13-26)9-11-30-20)25-21(28)16-12-24-27(14-16)19-7-4-3-6-17(19)23/h3-4,6-7,9,11-12,14,18H,2,5,8,10,13H2,1H3,(H,25,28). The second-order valence-corrected chi connectivity index (χ2v) is 8.73. The minimum absolute atomic E-state index is 0.0273. The van der Waals surface area contributed by atoms with E-state index >= 15 is 0 Å². The Morgan fingerprint density at radius 2 is 2.13 bits per heavy atom. The number of carbonyl (C=O) groups is 2. The molecule has 2 aromatic heterocycles. The number of hydrogen-bond donors (Lipinski definition) is 1. The summed E-state index contributed by atoms with van der Waals surface area (Å²) in [5, 5.41) is 9.78. The van der Waals surface area contributed by atoms with Crippen LogP contribution in [0.2, 0.25) is 5.02 Å². The highest BCUT2D eigenvalue weighted by atomic mass is 35.5. The third-order valence-electron chi connectivity index (χ3n) is 5.24. The van der Waals surface area contributed by atoms with Gasteiger partial charge in [0.25, 0.3) is 5.91 Å². The van der Waals surface area contributed by atoms with Crippen LogP contribution in [0.1, 0.15) is 40.6 Å². The van der Waals surface area contributed by atoms with Gasteiger partial charge >= 0.3 is 0 Å². The highest BCUT2D eigenvalue weighted by molar-refractivity contribution is 7.10. The Morgan fingerprint density at radius 1 is 1.30 bits per heavy atom. The van der Waals surface area contributed by atoms with Crippen molar-refractivity contribution < 1.29 is 9.59 Å². The summed E-state index contributed by atoms with van der Waals surface area (Å²) in [6.07, 6.45) is 5.38. The quantitative estimate of drug-likeness (QED) is 0.625. The third kappa shape index (κ3) is 4.27. The highest BCUT2D eigenvalue weighted by Crippen LogP contribution is 2.25. The van der Waals surface area contributed by atoms with E-state index < -0.39 is 6.04 Å². The van der Waals surface area contributed by atoms with Crippen molar-refractivity contribution >= 4 is 34.8 Å². The minimum Gasteiger partial charge on any atom is -0.340 e. The summed E-state index contributed by atoms with van der Waals surface area (Å²) >= 11 is 7.96. The maximum atomic E-state index is 13.1. The molecule has 0 saturated heterocycles. The average molecular weight is 443 g/mol. The smallest absolute Gasteiger partial charge is 0.255 e. The lowest BCUT2D eigenvalue weighted by Gasteiger charge is -2.30. The molecule has 0 aliphatic carbocycles. The number of thiophene rings is 1. The Labute approximate surface area is 184 Å². The molecule has 6 nitrogen and oxygen atoms in total. The van der Waals surface area contributed by atoms with Gasteiger partial charge < -0.3 is 10.2 Å². The molecule has 2 amide bonds. The van der Waals surface area contributed by atoms with Crippen LogP contribution < -0.4 is 5.32 Å². The van der Waals surface area contributed by atoms with E-state index in [1.54, 1.807) is 28.3 Å². The predicted molar refractivity (Wildman–Crippen MR) is 118 cm³/mol. The van der Waals surface area contributed by atoms with E-state index in [-0.39, 0.29) is 11.8 Å². The van der Waals surface area contributed by atoms with Gasteiger partial charge in [0.2, 0.25) is 5.91 Å². The Hall–Kier alpha value is -2.64. The molecule has 3 heterocycles. The van der Waals surface area contributed by atoms with Crippen LogP contribution in [0.15, 0.2) is 48.1 Å². The van der Waals surface area contributed by atoms with E-state index in [4.69, 9.17) is 11.6 Å². The fraction of sp³-hybridized carbons (Fsp3) is 0.318. The molecule has 0 radical (unpaired) electrons. The van der Waals surface area contributed by atoms with Gasteiger partial charge in [0.15, 0.2) is 0 Å². The Kier molecular flexibility index (Phi) is 6.20. The van der Waals surface area contributed by atoms with Crippen LogP contribution in [-0.2, 0) is 17.8 Å². The molecule has 4 rings (SSSR count). The molecule has 1 aliphatic heterocycles. The highest BCUT2D eigenvalue weighted by Gasteiger charge is 2.29. The van der Waals surface area contributed by atoms with Crippen molar-refractivity contribution in [1.82, 2.24) is 20.0 Å². The molecule has 156 valence electrons. The van der Waals surface area contributed by atoms with Crippen molar-refractivity contribution in [1.29, 1.82) is 0 Å². The van der Waals surface area contributed by atoms with Crippen molar-refractivity contribution in [2.45, 2.75) is 38.8 Å². The summed E-state index contributed by atoms with van der Waals surface area (Å²) in [4.78, 5) is 29.2. The number of halogens is 1. The van der Waals surface area contributed by atoms with E-state index in [9.17, 15) is 9.59 Å². The number of rotatable bonds is 6. The molecule has 0 spiro atoms.